The van der Waals surface area contributed by atoms with E-state index in [2.05, 4.69) is 42.0 Å². The molecule has 1 unspecified atom stereocenters. The summed E-state index contributed by atoms with van der Waals surface area (Å²) in [6.07, 6.45) is 1.08. The Morgan fingerprint density at radius 3 is 2.53 bits per heavy atom. The van der Waals surface area contributed by atoms with Crippen molar-refractivity contribution in [3.63, 3.8) is 0 Å². The Balaban J connectivity index is 2.55. The molecule has 0 aliphatic carbocycles. The van der Waals surface area contributed by atoms with Gasteiger partial charge in [-0.3, -0.25) is 0 Å². The molecule has 0 aliphatic heterocycles. The molecule has 17 heavy (non-hydrogen) atoms. The fourth-order valence-electron chi connectivity index (χ4n) is 1.63. The van der Waals surface area contributed by atoms with E-state index in [1.54, 1.807) is 0 Å². The first-order valence-electron chi connectivity index (χ1n) is 5.98. The molecule has 0 aromatic heterocycles. The Labute approximate surface area is 112 Å². The van der Waals surface area contributed by atoms with Gasteiger partial charge in [0.2, 0.25) is 0 Å². The van der Waals surface area contributed by atoms with Gasteiger partial charge in [-0.25, -0.2) is 4.39 Å². The third kappa shape index (κ3) is 5.17. The van der Waals surface area contributed by atoms with Crippen LogP contribution in [0.25, 0.3) is 0 Å². The summed E-state index contributed by atoms with van der Waals surface area (Å²) in [6.45, 7) is 9.52. The molecule has 0 saturated heterocycles. The van der Waals surface area contributed by atoms with Crippen molar-refractivity contribution >= 4 is 15.9 Å². The zero-order valence-corrected chi connectivity index (χ0v) is 12.6. The van der Waals surface area contributed by atoms with Crippen LogP contribution < -0.4 is 5.32 Å². The minimum Gasteiger partial charge on any atom is -0.310 e. The van der Waals surface area contributed by atoms with E-state index in [1.807, 2.05) is 19.1 Å². The highest BCUT2D eigenvalue weighted by molar-refractivity contribution is 9.10. The number of hydrogen-bond acceptors (Lipinski definition) is 1. The third-order valence-electron chi connectivity index (χ3n) is 2.75. The second-order valence-electron chi connectivity index (χ2n) is 5.65. The van der Waals surface area contributed by atoms with Crippen molar-refractivity contribution in [1.29, 1.82) is 0 Å². The van der Waals surface area contributed by atoms with E-state index in [0.717, 1.165) is 23.0 Å². The first kappa shape index (κ1) is 14.7. The van der Waals surface area contributed by atoms with E-state index in [-0.39, 0.29) is 11.9 Å². The molecule has 1 aromatic carbocycles. The molecule has 0 radical (unpaired) electrons. The Bertz CT molecular complexity index is 371. The fourth-order valence-corrected chi connectivity index (χ4v) is 1.96. The summed E-state index contributed by atoms with van der Waals surface area (Å²) >= 11 is 3.26. The van der Waals surface area contributed by atoms with Crippen LogP contribution in [0, 0.1) is 11.2 Å². The summed E-state index contributed by atoms with van der Waals surface area (Å²) < 4.78 is 14.5. The van der Waals surface area contributed by atoms with Gasteiger partial charge in [0.15, 0.2) is 0 Å². The van der Waals surface area contributed by atoms with Gasteiger partial charge < -0.3 is 5.32 Å². The molecular formula is C14H21BrFN. The average molecular weight is 302 g/mol. The zero-order valence-electron chi connectivity index (χ0n) is 11.0. The number of halogens is 2. The lowest BCUT2D eigenvalue weighted by Crippen LogP contribution is -2.24. The van der Waals surface area contributed by atoms with Crippen molar-refractivity contribution in [1.82, 2.24) is 5.32 Å². The van der Waals surface area contributed by atoms with E-state index in [1.165, 1.54) is 6.07 Å². The maximum Gasteiger partial charge on any atom is 0.129 e. The summed E-state index contributed by atoms with van der Waals surface area (Å²) in [5.41, 5.74) is 1.03. The van der Waals surface area contributed by atoms with Gasteiger partial charge in [-0.15, -0.1) is 0 Å². The monoisotopic (exact) mass is 301 g/mol. The molecule has 96 valence electrons. The molecule has 0 amide bonds. The van der Waals surface area contributed by atoms with Crippen LogP contribution in [0.15, 0.2) is 22.7 Å². The molecule has 0 heterocycles. The maximum atomic E-state index is 13.7. The molecule has 0 saturated carbocycles. The van der Waals surface area contributed by atoms with E-state index >= 15 is 0 Å². The highest BCUT2D eigenvalue weighted by Gasteiger charge is 2.13. The molecule has 0 spiro atoms. The van der Waals surface area contributed by atoms with Crippen LogP contribution in [0.1, 0.15) is 45.7 Å². The van der Waals surface area contributed by atoms with Crippen LogP contribution in [0.3, 0.4) is 0 Å². The summed E-state index contributed by atoms with van der Waals surface area (Å²) in [5.74, 6) is -0.157. The van der Waals surface area contributed by atoms with Gasteiger partial charge in [0.25, 0.3) is 0 Å². The molecule has 0 bridgehead atoms. The first-order chi connectivity index (χ1) is 7.79. The van der Waals surface area contributed by atoms with Crippen LogP contribution in [0.2, 0.25) is 0 Å². The van der Waals surface area contributed by atoms with Gasteiger partial charge in [0.1, 0.15) is 5.82 Å². The third-order valence-corrected chi connectivity index (χ3v) is 3.25. The van der Waals surface area contributed by atoms with Crippen molar-refractivity contribution < 1.29 is 4.39 Å². The molecule has 0 aliphatic rings. The Kier molecular flexibility index (Phi) is 5.14. The second-order valence-corrected chi connectivity index (χ2v) is 6.57. The number of nitrogens with one attached hydrogen (secondary N) is 1. The van der Waals surface area contributed by atoms with Gasteiger partial charge in [-0.05, 0) is 37.4 Å². The molecule has 1 rings (SSSR count). The normalized spacial score (nSPS) is 13.8. The smallest absolute Gasteiger partial charge is 0.129 e. The SMILES string of the molecule is CC(NCCC(C)(C)C)c1ccc(Br)cc1F. The van der Waals surface area contributed by atoms with Gasteiger partial charge in [-0.1, -0.05) is 42.8 Å². The summed E-state index contributed by atoms with van der Waals surface area (Å²) in [6, 6.07) is 5.26. The predicted octanol–water partition coefficient (Wildman–Crippen LogP) is 4.68. The summed E-state index contributed by atoms with van der Waals surface area (Å²) in [5, 5.41) is 3.36. The maximum absolute atomic E-state index is 13.7. The van der Waals surface area contributed by atoms with Crippen LogP contribution in [-0.2, 0) is 0 Å². The highest BCUT2D eigenvalue weighted by Crippen LogP contribution is 2.22. The fraction of sp³-hybridized carbons (Fsp3) is 0.571. The van der Waals surface area contributed by atoms with Gasteiger partial charge >= 0.3 is 0 Å². The lowest BCUT2D eigenvalue weighted by molar-refractivity contribution is 0.356. The number of hydrogen-bond donors (Lipinski definition) is 1. The second kappa shape index (κ2) is 5.96. The minimum atomic E-state index is -0.157. The standard InChI is InChI=1S/C14H21BrFN/c1-10(17-8-7-14(2,3)4)12-6-5-11(15)9-13(12)16/h5-6,9-10,17H,7-8H2,1-4H3. The Morgan fingerprint density at radius 1 is 1.35 bits per heavy atom. The van der Waals surface area contributed by atoms with Crippen molar-refractivity contribution in [3.8, 4) is 0 Å². The molecule has 1 nitrogen and oxygen atoms in total. The van der Waals surface area contributed by atoms with Crippen LogP contribution in [-0.4, -0.2) is 6.54 Å². The van der Waals surface area contributed by atoms with Crippen molar-refractivity contribution in [3.05, 3.63) is 34.1 Å². The summed E-state index contributed by atoms with van der Waals surface area (Å²) in [7, 11) is 0. The minimum absolute atomic E-state index is 0.0467. The van der Waals surface area contributed by atoms with Gasteiger partial charge in [0.05, 0.1) is 0 Å². The lowest BCUT2D eigenvalue weighted by Gasteiger charge is -2.21. The van der Waals surface area contributed by atoms with Crippen molar-refractivity contribution in [2.45, 2.75) is 40.2 Å². The highest BCUT2D eigenvalue weighted by atomic mass is 79.9. The predicted molar refractivity (Wildman–Crippen MR) is 74.6 cm³/mol. The van der Waals surface area contributed by atoms with E-state index in [4.69, 9.17) is 0 Å². The number of rotatable bonds is 4. The zero-order chi connectivity index (χ0) is 13.1. The lowest BCUT2D eigenvalue weighted by atomic mass is 9.92. The Morgan fingerprint density at radius 2 is 2.00 bits per heavy atom. The summed E-state index contributed by atoms with van der Waals surface area (Å²) in [4.78, 5) is 0. The number of benzene rings is 1. The van der Waals surface area contributed by atoms with Crippen molar-refractivity contribution in [2.75, 3.05) is 6.54 Å². The quantitative estimate of drug-likeness (QED) is 0.852. The molecule has 1 aromatic rings. The molecular weight excluding hydrogens is 281 g/mol. The van der Waals surface area contributed by atoms with Crippen LogP contribution in [0.5, 0.6) is 0 Å². The van der Waals surface area contributed by atoms with E-state index in [0.29, 0.717) is 5.41 Å². The van der Waals surface area contributed by atoms with E-state index < -0.39 is 0 Å². The van der Waals surface area contributed by atoms with Crippen molar-refractivity contribution in [2.24, 2.45) is 5.41 Å². The van der Waals surface area contributed by atoms with Crippen LogP contribution >= 0.6 is 15.9 Å². The first-order valence-corrected chi connectivity index (χ1v) is 6.77. The van der Waals surface area contributed by atoms with Gasteiger partial charge in [-0.2, -0.15) is 0 Å². The molecule has 1 atom stereocenters. The largest absolute Gasteiger partial charge is 0.310 e. The van der Waals surface area contributed by atoms with Gasteiger partial charge in [0, 0.05) is 16.1 Å². The Hall–Kier alpha value is -0.410. The topological polar surface area (TPSA) is 12.0 Å². The van der Waals surface area contributed by atoms with E-state index in [9.17, 15) is 4.39 Å². The molecule has 0 fully saturated rings. The van der Waals surface area contributed by atoms with Crippen LogP contribution in [0.4, 0.5) is 4.39 Å². The molecule has 1 N–H and O–H groups in total. The average Bonchev–Trinajstić information content (AvgIpc) is 2.15. The molecule has 3 heteroatoms.